The lowest BCUT2D eigenvalue weighted by atomic mass is 10.2. The van der Waals surface area contributed by atoms with Crippen LogP contribution in [0.25, 0.3) is 0 Å². The fourth-order valence-corrected chi connectivity index (χ4v) is 2.63. The number of ether oxygens (including phenoxy) is 1. The summed E-state index contributed by atoms with van der Waals surface area (Å²) in [5.41, 5.74) is 0. The summed E-state index contributed by atoms with van der Waals surface area (Å²) in [7, 11) is 1.50. The van der Waals surface area contributed by atoms with Crippen molar-refractivity contribution in [2.75, 3.05) is 33.4 Å². The van der Waals surface area contributed by atoms with Crippen LogP contribution in [0.3, 0.4) is 0 Å². The summed E-state index contributed by atoms with van der Waals surface area (Å²) < 4.78 is 5.23. The van der Waals surface area contributed by atoms with Crippen molar-refractivity contribution in [1.29, 1.82) is 0 Å². The molecule has 2 aliphatic heterocycles. The Morgan fingerprint density at radius 2 is 1.90 bits per heavy atom. The number of rotatable bonds is 2. The number of nitrogens with one attached hydrogen (secondary N) is 1. The minimum Gasteiger partial charge on any atom is -0.480 e. The molecule has 2 heterocycles. The highest BCUT2D eigenvalue weighted by molar-refractivity contribution is 5.89. The van der Waals surface area contributed by atoms with E-state index in [4.69, 9.17) is 9.84 Å². The zero-order valence-electron chi connectivity index (χ0n) is 11.4. The molecule has 0 radical (unpaired) electrons. The first-order chi connectivity index (χ1) is 9.56. The SMILES string of the molecule is CNC(=O)C1COCCN1C(=O)N1CCCC1C(=O)O. The van der Waals surface area contributed by atoms with E-state index in [0.29, 0.717) is 32.5 Å². The highest BCUT2D eigenvalue weighted by atomic mass is 16.5. The highest BCUT2D eigenvalue weighted by Gasteiger charge is 2.40. The van der Waals surface area contributed by atoms with Gasteiger partial charge in [0.15, 0.2) is 0 Å². The van der Waals surface area contributed by atoms with Crippen molar-refractivity contribution in [3.63, 3.8) is 0 Å². The van der Waals surface area contributed by atoms with Gasteiger partial charge in [-0.25, -0.2) is 9.59 Å². The number of carbonyl (C=O) groups is 3. The monoisotopic (exact) mass is 285 g/mol. The minimum absolute atomic E-state index is 0.136. The first-order valence-corrected chi connectivity index (χ1v) is 6.65. The Labute approximate surface area is 116 Å². The van der Waals surface area contributed by atoms with Gasteiger partial charge in [0.25, 0.3) is 0 Å². The summed E-state index contributed by atoms with van der Waals surface area (Å²) in [5, 5.41) is 11.6. The summed E-state index contributed by atoms with van der Waals surface area (Å²) >= 11 is 0. The number of likely N-dealkylation sites (N-methyl/N-ethyl adjacent to an activating group) is 1. The summed E-state index contributed by atoms with van der Waals surface area (Å²) in [5.74, 6) is -1.30. The zero-order valence-corrected chi connectivity index (χ0v) is 11.4. The van der Waals surface area contributed by atoms with Crippen LogP contribution < -0.4 is 5.32 Å². The van der Waals surface area contributed by atoms with Gasteiger partial charge in [-0.1, -0.05) is 0 Å². The van der Waals surface area contributed by atoms with E-state index in [2.05, 4.69) is 5.32 Å². The number of carboxylic acids is 1. The topological polar surface area (TPSA) is 99.2 Å². The van der Waals surface area contributed by atoms with Crippen LogP contribution in [-0.2, 0) is 14.3 Å². The van der Waals surface area contributed by atoms with E-state index in [0.717, 1.165) is 0 Å². The molecule has 20 heavy (non-hydrogen) atoms. The molecule has 8 nitrogen and oxygen atoms in total. The predicted octanol–water partition coefficient (Wildman–Crippen LogP) is -0.898. The largest absolute Gasteiger partial charge is 0.480 e. The maximum Gasteiger partial charge on any atom is 0.326 e. The van der Waals surface area contributed by atoms with Gasteiger partial charge in [-0.15, -0.1) is 0 Å². The standard InChI is InChI=1S/C12H19N3O5/c1-13-10(16)9-7-20-6-5-15(9)12(19)14-4-2-3-8(14)11(17)18/h8-9H,2-7H2,1H3,(H,13,16)(H,17,18). The third-order valence-electron chi connectivity index (χ3n) is 3.71. The van der Waals surface area contributed by atoms with Gasteiger partial charge in [0.2, 0.25) is 5.91 Å². The van der Waals surface area contributed by atoms with E-state index in [1.807, 2.05) is 0 Å². The van der Waals surface area contributed by atoms with Crippen LogP contribution in [0.1, 0.15) is 12.8 Å². The summed E-state index contributed by atoms with van der Waals surface area (Å²) in [6.45, 7) is 1.19. The number of hydrogen-bond donors (Lipinski definition) is 2. The van der Waals surface area contributed by atoms with E-state index in [1.54, 1.807) is 0 Å². The van der Waals surface area contributed by atoms with Gasteiger partial charge in [0.1, 0.15) is 12.1 Å². The maximum atomic E-state index is 12.5. The van der Waals surface area contributed by atoms with Crippen molar-refractivity contribution in [1.82, 2.24) is 15.1 Å². The average Bonchev–Trinajstić information content (AvgIpc) is 2.95. The molecule has 2 rings (SSSR count). The second-order valence-electron chi connectivity index (χ2n) is 4.87. The first-order valence-electron chi connectivity index (χ1n) is 6.65. The molecule has 0 saturated carbocycles. The highest BCUT2D eigenvalue weighted by Crippen LogP contribution is 2.21. The first kappa shape index (κ1) is 14.6. The summed E-state index contributed by atoms with van der Waals surface area (Å²) in [4.78, 5) is 38.2. The van der Waals surface area contributed by atoms with Gasteiger partial charge in [-0.3, -0.25) is 4.79 Å². The van der Waals surface area contributed by atoms with Crippen LogP contribution in [0, 0.1) is 0 Å². The molecule has 2 atom stereocenters. The molecular weight excluding hydrogens is 266 g/mol. The number of likely N-dealkylation sites (tertiary alicyclic amines) is 1. The van der Waals surface area contributed by atoms with Crippen LogP contribution >= 0.6 is 0 Å². The fraction of sp³-hybridized carbons (Fsp3) is 0.750. The number of carboxylic acid groups (broad SMARTS) is 1. The smallest absolute Gasteiger partial charge is 0.326 e. The van der Waals surface area contributed by atoms with Crippen LogP contribution in [0.15, 0.2) is 0 Å². The lowest BCUT2D eigenvalue weighted by Crippen LogP contribution is -2.59. The molecule has 2 N–H and O–H groups in total. The quantitative estimate of drug-likeness (QED) is 0.685. The molecule has 8 heteroatoms. The molecule has 0 aromatic rings. The van der Waals surface area contributed by atoms with Gasteiger partial charge in [-0.2, -0.15) is 0 Å². The number of hydrogen-bond acceptors (Lipinski definition) is 4. The number of nitrogens with zero attached hydrogens (tertiary/aromatic N) is 2. The van der Waals surface area contributed by atoms with Gasteiger partial charge >= 0.3 is 12.0 Å². The lowest BCUT2D eigenvalue weighted by molar-refractivity contribution is -0.141. The molecule has 2 fully saturated rings. The molecule has 3 amide bonds. The second kappa shape index (κ2) is 6.08. The molecule has 2 aliphatic rings. The van der Waals surface area contributed by atoms with Crippen LogP contribution in [-0.4, -0.2) is 78.2 Å². The normalized spacial score (nSPS) is 26.4. The van der Waals surface area contributed by atoms with Gasteiger partial charge in [0, 0.05) is 20.1 Å². The van der Waals surface area contributed by atoms with E-state index in [1.165, 1.54) is 16.8 Å². The van der Waals surface area contributed by atoms with Crippen molar-refractivity contribution in [3.05, 3.63) is 0 Å². The Bertz CT molecular complexity index is 414. The molecule has 0 spiro atoms. The number of aliphatic carboxylic acids is 1. The minimum atomic E-state index is -0.999. The second-order valence-corrected chi connectivity index (χ2v) is 4.87. The zero-order chi connectivity index (χ0) is 14.7. The number of urea groups is 1. The molecule has 0 aliphatic carbocycles. The maximum absolute atomic E-state index is 12.5. The fourth-order valence-electron chi connectivity index (χ4n) is 2.63. The van der Waals surface area contributed by atoms with E-state index in [9.17, 15) is 14.4 Å². The predicted molar refractivity (Wildman–Crippen MR) is 68.1 cm³/mol. The molecule has 2 unspecified atom stereocenters. The van der Waals surface area contributed by atoms with E-state index >= 15 is 0 Å². The van der Waals surface area contributed by atoms with Crippen molar-refractivity contribution in [2.24, 2.45) is 0 Å². The average molecular weight is 285 g/mol. The molecule has 0 aromatic heterocycles. The van der Waals surface area contributed by atoms with E-state index in [-0.39, 0.29) is 12.5 Å². The van der Waals surface area contributed by atoms with Crippen LogP contribution in [0.5, 0.6) is 0 Å². The Hall–Kier alpha value is -1.83. The Morgan fingerprint density at radius 1 is 1.20 bits per heavy atom. The van der Waals surface area contributed by atoms with Crippen LogP contribution in [0.2, 0.25) is 0 Å². The van der Waals surface area contributed by atoms with Gasteiger partial charge < -0.3 is 25.0 Å². The molecular formula is C12H19N3O5. The summed E-state index contributed by atoms with van der Waals surface area (Å²) in [6, 6.07) is -1.89. The Morgan fingerprint density at radius 3 is 2.55 bits per heavy atom. The molecule has 0 aromatic carbocycles. The number of amides is 3. The number of morpholine rings is 1. The van der Waals surface area contributed by atoms with Crippen molar-refractivity contribution >= 4 is 17.9 Å². The Kier molecular flexibility index (Phi) is 4.43. The van der Waals surface area contributed by atoms with Gasteiger partial charge in [-0.05, 0) is 12.8 Å². The number of carbonyl (C=O) groups excluding carboxylic acids is 2. The van der Waals surface area contributed by atoms with Crippen molar-refractivity contribution < 1.29 is 24.2 Å². The van der Waals surface area contributed by atoms with Crippen molar-refractivity contribution in [3.8, 4) is 0 Å². The molecule has 112 valence electrons. The summed E-state index contributed by atoms with van der Waals surface area (Å²) in [6.07, 6.45) is 1.12. The molecule has 0 bridgehead atoms. The Balaban J connectivity index is 2.13. The van der Waals surface area contributed by atoms with Crippen molar-refractivity contribution in [2.45, 2.75) is 24.9 Å². The van der Waals surface area contributed by atoms with E-state index < -0.39 is 24.1 Å². The third kappa shape index (κ3) is 2.69. The van der Waals surface area contributed by atoms with Crippen LogP contribution in [0.4, 0.5) is 4.79 Å². The lowest BCUT2D eigenvalue weighted by Gasteiger charge is -2.37. The third-order valence-corrected chi connectivity index (χ3v) is 3.71. The van der Waals surface area contributed by atoms with Gasteiger partial charge in [0.05, 0.1) is 13.2 Å². The molecule has 2 saturated heterocycles.